The fourth-order valence-electron chi connectivity index (χ4n) is 5.05. The molecule has 1 aromatic rings. The van der Waals surface area contributed by atoms with Crippen LogP contribution in [0, 0.1) is 0 Å². The zero-order valence-corrected chi connectivity index (χ0v) is 18.0. The minimum absolute atomic E-state index is 0.0338. The van der Waals surface area contributed by atoms with Gasteiger partial charge in [0.25, 0.3) is 5.91 Å². The van der Waals surface area contributed by atoms with Crippen molar-refractivity contribution in [1.29, 1.82) is 0 Å². The molecule has 2 aliphatic heterocycles. The van der Waals surface area contributed by atoms with E-state index in [4.69, 9.17) is 0 Å². The fourth-order valence-corrected chi connectivity index (χ4v) is 5.05. The Kier molecular flexibility index (Phi) is 5.81. The third kappa shape index (κ3) is 3.91. The summed E-state index contributed by atoms with van der Waals surface area (Å²) in [4.78, 5) is 42.9. The van der Waals surface area contributed by atoms with Gasteiger partial charge in [-0.25, -0.2) is 4.79 Å². The number of imide groups is 1. The Labute approximate surface area is 184 Å². The predicted molar refractivity (Wildman–Crippen MR) is 112 cm³/mol. The molecule has 3 aliphatic rings. The molecule has 0 aromatic heterocycles. The van der Waals surface area contributed by atoms with Crippen LogP contribution in [0.1, 0.15) is 50.5 Å². The highest BCUT2D eigenvalue weighted by atomic mass is 19.4. The van der Waals surface area contributed by atoms with Gasteiger partial charge in [0.1, 0.15) is 12.1 Å². The zero-order chi connectivity index (χ0) is 23.1. The van der Waals surface area contributed by atoms with Crippen molar-refractivity contribution in [2.75, 3.05) is 36.9 Å². The van der Waals surface area contributed by atoms with E-state index in [0.717, 1.165) is 49.1 Å². The second-order valence-electron chi connectivity index (χ2n) is 8.80. The molecule has 7 nitrogen and oxygen atoms in total. The van der Waals surface area contributed by atoms with Crippen LogP contribution in [0.2, 0.25) is 0 Å². The lowest BCUT2D eigenvalue weighted by molar-refractivity contribution is -0.137. The van der Waals surface area contributed by atoms with Gasteiger partial charge in [-0.2, -0.15) is 13.2 Å². The van der Waals surface area contributed by atoms with Gasteiger partial charge in [0.05, 0.1) is 16.9 Å². The fraction of sp³-hybridized carbons (Fsp3) is 0.591. The van der Waals surface area contributed by atoms with E-state index in [-0.39, 0.29) is 5.69 Å². The molecule has 174 valence electrons. The van der Waals surface area contributed by atoms with Gasteiger partial charge in [-0.05, 0) is 43.9 Å². The second-order valence-corrected chi connectivity index (χ2v) is 8.80. The third-order valence-corrected chi connectivity index (χ3v) is 6.83. The summed E-state index contributed by atoms with van der Waals surface area (Å²) in [6, 6.07) is 2.73. The average Bonchev–Trinajstić information content (AvgIpc) is 3.34. The molecule has 1 aromatic carbocycles. The summed E-state index contributed by atoms with van der Waals surface area (Å²) in [6.45, 7) is 0.842. The molecule has 1 spiro atoms. The molecule has 32 heavy (non-hydrogen) atoms. The van der Waals surface area contributed by atoms with Crippen molar-refractivity contribution in [3.63, 3.8) is 0 Å². The van der Waals surface area contributed by atoms with E-state index in [9.17, 15) is 27.6 Å². The number of likely N-dealkylation sites (N-methyl/N-ethyl adjacent to an activating group) is 1. The first-order chi connectivity index (χ1) is 15.1. The summed E-state index contributed by atoms with van der Waals surface area (Å²) < 4.78 is 39.8. The number of hydrogen-bond acceptors (Lipinski definition) is 4. The van der Waals surface area contributed by atoms with Crippen LogP contribution in [0.15, 0.2) is 18.2 Å². The monoisotopic (exact) mass is 452 g/mol. The summed E-state index contributed by atoms with van der Waals surface area (Å²) in [7, 11) is 1.57. The first-order valence-corrected chi connectivity index (χ1v) is 11.0. The normalized spacial score (nSPS) is 21.1. The number of halogens is 3. The maximum atomic E-state index is 13.3. The molecular formula is C22H27F3N4O3. The Bertz CT molecular complexity index is 921. The molecule has 0 atom stereocenters. The minimum atomic E-state index is -4.56. The van der Waals surface area contributed by atoms with E-state index in [2.05, 4.69) is 5.32 Å². The predicted octanol–water partition coefficient (Wildman–Crippen LogP) is 3.84. The topological polar surface area (TPSA) is 73.0 Å². The van der Waals surface area contributed by atoms with Gasteiger partial charge in [0.15, 0.2) is 0 Å². The molecule has 10 heteroatoms. The average molecular weight is 452 g/mol. The Balaban J connectivity index is 1.55. The number of carbonyl (C=O) groups excluding carboxylic acids is 3. The molecule has 2 heterocycles. The van der Waals surface area contributed by atoms with Gasteiger partial charge in [-0.3, -0.25) is 14.5 Å². The number of benzene rings is 1. The van der Waals surface area contributed by atoms with Crippen LogP contribution in [-0.4, -0.2) is 59.9 Å². The van der Waals surface area contributed by atoms with Crippen LogP contribution in [-0.2, 0) is 15.8 Å². The van der Waals surface area contributed by atoms with Crippen molar-refractivity contribution in [2.45, 2.75) is 56.7 Å². The smallest absolute Gasteiger partial charge is 0.370 e. The van der Waals surface area contributed by atoms with Gasteiger partial charge in [-0.15, -0.1) is 0 Å². The van der Waals surface area contributed by atoms with Crippen molar-refractivity contribution in [1.82, 2.24) is 9.80 Å². The number of alkyl halides is 3. The van der Waals surface area contributed by atoms with Crippen molar-refractivity contribution < 1.29 is 27.6 Å². The number of amides is 4. The van der Waals surface area contributed by atoms with Crippen molar-refractivity contribution >= 4 is 29.2 Å². The molecule has 0 bridgehead atoms. The van der Waals surface area contributed by atoms with Gasteiger partial charge in [0.2, 0.25) is 5.91 Å². The van der Waals surface area contributed by atoms with Crippen molar-refractivity contribution in [3.8, 4) is 0 Å². The minimum Gasteiger partial charge on any atom is -0.370 e. The highest BCUT2D eigenvalue weighted by Crippen LogP contribution is 2.40. The SMILES string of the molecule is CN1C(=O)N(CC(=O)Nc2cc(C(F)(F)F)ccc2N2CCCC2)C(=O)C12CCCCC2. The van der Waals surface area contributed by atoms with E-state index < -0.39 is 41.7 Å². The number of nitrogens with zero attached hydrogens (tertiary/aromatic N) is 3. The largest absolute Gasteiger partial charge is 0.416 e. The van der Waals surface area contributed by atoms with Crippen molar-refractivity contribution in [2.24, 2.45) is 0 Å². The Morgan fingerprint density at radius 3 is 2.34 bits per heavy atom. The van der Waals surface area contributed by atoms with Gasteiger partial charge in [-0.1, -0.05) is 19.3 Å². The Morgan fingerprint density at radius 2 is 1.72 bits per heavy atom. The maximum Gasteiger partial charge on any atom is 0.416 e. The third-order valence-electron chi connectivity index (χ3n) is 6.83. The summed E-state index contributed by atoms with van der Waals surface area (Å²) >= 11 is 0. The zero-order valence-electron chi connectivity index (χ0n) is 18.0. The van der Waals surface area contributed by atoms with Crippen LogP contribution >= 0.6 is 0 Å². The van der Waals surface area contributed by atoms with E-state index in [0.29, 0.717) is 31.6 Å². The molecule has 4 rings (SSSR count). The second kappa shape index (κ2) is 8.29. The molecule has 3 fully saturated rings. The number of hydrogen-bond donors (Lipinski definition) is 1. The standard InChI is InChI=1S/C22H27F3N4O3/c1-27-20(32)29(19(31)21(27)9-3-2-4-10-21)14-18(30)26-16-13-15(22(23,24)25)7-8-17(16)28-11-5-6-12-28/h7-8,13H,2-6,9-12,14H2,1H3,(H,26,30). The van der Waals surface area contributed by atoms with Gasteiger partial charge in [0, 0.05) is 20.1 Å². The van der Waals surface area contributed by atoms with Crippen LogP contribution in [0.25, 0.3) is 0 Å². The summed E-state index contributed by atoms with van der Waals surface area (Å²) in [5.41, 5.74) is -1.24. The summed E-state index contributed by atoms with van der Waals surface area (Å²) in [5.74, 6) is -1.10. The summed E-state index contributed by atoms with van der Waals surface area (Å²) in [6.07, 6.45) is 1.03. The Hall–Kier alpha value is -2.78. The van der Waals surface area contributed by atoms with E-state index in [1.165, 1.54) is 11.0 Å². The molecular weight excluding hydrogens is 425 g/mol. The first-order valence-electron chi connectivity index (χ1n) is 11.0. The lowest BCUT2D eigenvalue weighted by Crippen LogP contribution is -2.49. The number of anilines is 2. The number of urea groups is 1. The molecule has 1 N–H and O–H groups in total. The van der Waals surface area contributed by atoms with Crippen LogP contribution in [0.3, 0.4) is 0 Å². The highest BCUT2D eigenvalue weighted by Gasteiger charge is 2.55. The lowest BCUT2D eigenvalue weighted by Gasteiger charge is -2.35. The van der Waals surface area contributed by atoms with Crippen molar-refractivity contribution in [3.05, 3.63) is 23.8 Å². The van der Waals surface area contributed by atoms with Crippen LogP contribution in [0.5, 0.6) is 0 Å². The van der Waals surface area contributed by atoms with E-state index in [1.807, 2.05) is 4.90 Å². The molecule has 1 saturated carbocycles. The van der Waals surface area contributed by atoms with Gasteiger partial charge < -0.3 is 15.1 Å². The molecule has 1 aliphatic carbocycles. The van der Waals surface area contributed by atoms with E-state index >= 15 is 0 Å². The van der Waals surface area contributed by atoms with E-state index in [1.54, 1.807) is 7.05 Å². The first kappa shape index (κ1) is 22.4. The Morgan fingerprint density at radius 1 is 1.06 bits per heavy atom. The quantitative estimate of drug-likeness (QED) is 0.705. The number of carbonyl (C=O) groups is 3. The number of rotatable bonds is 4. The molecule has 0 radical (unpaired) electrons. The van der Waals surface area contributed by atoms with Crippen LogP contribution < -0.4 is 10.2 Å². The lowest BCUT2D eigenvalue weighted by atomic mass is 9.81. The summed E-state index contributed by atoms with van der Waals surface area (Å²) in [5, 5.41) is 2.53. The number of nitrogens with one attached hydrogen (secondary N) is 1. The van der Waals surface area contributed by atoms with Crippen LogP contribution in [0.4, 0.5) is 29.3 Å². The van der Waals surface area contributed by atoms with Gasteiger partial charge >= 0.3 is 12.2 Å². The molecule has 2 saturated heterocycles. The molecule has 0 unspecified atom stereocenters. The highest BCUT2D eigenvalue weighted by molar-refractivity contribution is 6.10. The molecule has 4 amide bonds. The maximum absolute atomic E-state index is 13.3.